The second-order valence-electron chi connectivity index (χ2n) is 3.79. The second kappa shape index (κ2) is 7.12. The number of carbonyl (C=O) groups is 1. The third kappa shape index (κ3) is 4.89. The first-order valence-corrected chi connectivity index (χ1v) is 6.67. The minimum atomic E-state index is -0.0902. The molecule has 1 fully saturated rings. The zero-order valence-corrected chi connectivity index (χ0v) is 10.3. The van der Waals surface area contributed by atoms with Gasteiger partial charge >= 0.3 is 5.97 Å². The fourth-order valence-electron chi connectivity index (χ4n) is 1.48. The Bertz CT molecular complexity index is 196. The number of carbonyl (C=O) groups excluding carboxylic acids is 1. The summed E-state index contributed by atoms with van der Waals surface area (Å²) in [7, 11) is 0. The molecule has 0 bridgehead atoms. The monoisotopic (exact) mass is 232 g/mol. The zero-order chi connectivity index (χ0) is 11.1. The van der Waals surface area contributed by atoms with Crippen molar-refractivity contribution in [2.24, 2.45) is 0 Å². The minimum absolute atomic E-state index is 0.0902. The molecule has 0 saturated carbocycles. The topological polar surface area (TPSA) is 35.5 Å². The van der Waals surface area contributed by atoms with E-state index in [-0.39, 0.29) is 12.1 Å². The summed E-state index contributed by atoms with van der Waals surface area (Å²) in [6.07, 6.45) is 3.35. The molecule has 2 unspecified atom stereocenters. The molecule has 3 nitrogen and oxygen atoms in total. The highest BCUT2D eigenvalue weighted by Gasteiger charge is 2.25. The lowest BCUT2D eigenvalue weighted by Gasteiger charge is -2.12. The van der Waals surface area contributed by atoms with Crippen molar-refractivity contribution in [3.8, 4) is 0 Å². The number of hydrogen-bond acceptors (Lipinski definition) is 4. The molecule has 0 radical (unpaired) electrons. The van der Waals surface area contributed by atoms with Crippen molar-refractivity contribution < 1.29 is 14.3 Å². The predicted molar refractivity (Wildman–Crippen MR) is 62.1 cm³/mol. The van der Waals surface area contributed by atoms with E-state index in [1.807, 2.05) is 0 Å². The Morgan fingerprint density at radius 1 is 1.60 bits per heavy atom. The molecule has 0 spiro atoms. The lowest BCUT2D eigenvalue weighted by Crippen LogP contribution is -2.17. The van der Waals surface area contributed by atoms with Crippen molar-refractivity contribution in [3.05, 3.63) is 0 Å². The predicted octanol–water partition coefficient (Wildman–Crippen LogP) is 2.24. The van der Waals surface area contributed by atoms with Gasteiger partial charge in [0.1, 0.15) is 0 Å². The van der Waals surface area contributed by atoms with Crippen LogP contribution in [0.3, 0.4) is 0 Å². The van der Waals surface area contributed by atoms with Gasteiger partial charge in [-0.25, -0.2) is 0 Å². The maximum absolute atomic E-state index is 11.3. The highest BCUT2D eigenvalue weighted by molar-refractivity contribution is 8.00. The average Bonchev–Trinajstić information content (AvgIpc) is 2.61. The molecule has 0 aliphatic carbocycles. The van der Waals surface area contributed by atoms with Crippen molar-refractivity contribution >= 4 is 17.7 Å². The van der Waals surface area contributed by atoms with Crippen LogP contribution in [0.4, 0.5) is 0 Å². The minimum Gasteiger partial charge on any atom is -0.465 e. The van der Waals surface area contributed by atoms with Gasteiger partial charge in [0.25, 0.3) is 0 Å². The van der Waals surface area contributed by atoms with E-state index in [0.717, 1.165) is 25.9 Å². The first-order chi connectivity index (χ1) is 7.24. The van der Waals surface area contributed by atoms with Crippen LogP contribution in [0.15, 0.2) is 0 Å². The molecular weight excluding hydrogens is 212 g/mol. The molecule has 0 aromatic rings. The standard InChI is InChI=1S/C11H20O3S/c1-3-4-6-14-11(12)8-15-10-5-7-13-9(10)2/h9-10H,3-8H2,1-2H3. The molecule has 15 heavy (non-hydrogen) atoms. The summed E-state index contributed by atoms with van der Waals surface area (Å²) in [6, 6.07) is 0. The first-order valence-electron chi connectivity index (χ1n) is 5.63. The van der Waals surface area contributed by atoms with Gasteiger partial charge in [-0.1, -0.05) is 13.3 Å². The van der Waals surface area contributed by atoms with E-state index in [1.54, 1.807) is 11.8 Å². The molecule has 1 aliphatic heterocycles. The van der Waals surface area contributed by atoms with Crippen LogP contribution in [0.1, 0.15) is 33.1 Å². The van der Waals surface area contributed by atoms with Gasteiger partial charge in [-0.05, 0) is 19.8 Å². The highest BCUT2D eigenvalue weighted by atomic mass is 32.2. The van der Waals surface area contributed by atoms with E-state index in [1.165, 1.54) is 0 Å². The summed E-state index contributed by atoms with van der Waals surface area (Å²) in [5.74, 6) is 0.370. The molecule has 0 aromatic carbocycles. The zero-order valence-electron chi connectivity index (χ0n) is 9.53. The summed E-state index contributed by atoms with van der Waals surface area (Å²) >= 11 is 1.66. The van der Waals surface area contributed by atoms with Crippen molar-refractivity contribution in [3.63, 3.8) is 0 Å². The Morgan fingerprint density at radius 3 is 3.00 bits per heavy atom. The molecule has 0 amide bonds. The van der Waals surface area contributed by atoms with Gasteiger partial charge in [0.2, 0.25) is 0 Å². The van der Waals surface area contributed by atoms with Crippen LogP contribution in [0.25, 0.3) is 0 Å². The Hall–Kier alpha value is -0.220. The van der Waals surface area contributed by atoms with Gasteiger partial charge in [-0.3, -0.25) is 4.79 Å². The molecule has 0 aromatic heterocycles. The molecule has 1 rings (SSSR count). The maximum Gasteiger partial charge on any atom is 0.315 e. The molecule has 4 heteroatoms. The van der Waals surface area contributed by atoms with Crippen LogP contribution in [0.2, 0.25) is 0 Å². The van der Waals surface area contributed by atoms with Crippen molar-refractivity contribution in [2.45, 2.75) is 44.5 Å². The average molecular weight is 232 g/mol. The van der Waals surface area contributed by atoms with E-state index >= 15 is 0 Å². The number of unbranched alkanes of at least 4 members (excludes halogenated alkanes) is 1. The van der Waals surface area contributed by atoms with Gasteiger partial charge in [0.05, 0.1) is 18.5 Å². The van der Waals surface area contributed by atoms with E-state index < -0.39 is 0 Å². The quantitative estimate of drug-likeness (QED) is 0.520. The van der Waals surface area contributed by atoms with Crippen LogP contribution in [0.5, 0.6) is 0 Å². The largest absolute Gasteiger partial charge is 0.465 e. The molecule has 1 saturated heterocycles. The molecular formula is C11H20O3S. The Labute approximate surface area is 95.9 Å². The van der Waals surface area contributed by atoms with Gasteiger partial charge in [0, 0.05) is 11.9 Å². The Morgan fingerprint density at radius 2 is 2.40 bits per heavy atom. The van der Waals surface area contributed by atoms with Crippen LogP contribution in [-0.2, 0) is 14.3 Å². The van der Waals surface area contributed by atoms with Crippen molar-refractivity contribution in [1.82, 2.24) is 0 Å². The van der Waals surface area contributed by atoms with E-state index in [9.17, 15) is 4.79 Å². The lowest BCUT2D eigenvalue weighted by molar-refractivity contribution is -0.140. The van der Waals surface area contributed by atoms with Crippen molar-refractivity contribution in [1.29, 1.82) is 0 Å². The number of ether oxygens (including phenoxy) is 2. The first kappa shape index (κ1) is 12.8. The number of esters is 1. The molecule has 0 N–H and O–H groups in total. The van der Waals surface area contributed by atoms with Gasteiger partial charge < -0.3 is 9.47 Å². The summed E-state index contributed by atoms with van der Waals surface area (Å²) < 4.78 is 10.5. The third-order valence-corrected chi connectivity index (χ3v) is 3.93. The van der Waals surface area contributed by atoms with E-state index in [4.69, 9.17) is 9.47 Å². The number of thioether (sulfide) groups is 1. The fourth-order valence-corrected chi connectivity index (χ4v) is 2.52. The third-order valence-electron chi connectivity index (χ3n) is 2.48. The number of hydrogen-bond donors (Lipinski definition) is 0. The van der Waals surface area contributed by atoms with Crippen LogP contribution < -0.4 is 0 Å². The van der Waals surface area contributed by atoms with Gasteiger partial charge in [-0.15, -0.1) is 11.8 Å². The molecule has 1 aliphatic rings. The highest BCUT2D eigenvalue weighted by Crippen LogP contribution is 2.26. The van der Waals surface area contributed by atoms with Crippen LogP contribution >= 0.6 is 11.8 Å². The summed E-state index contributed by atoms with van der Waals surface area (Å²) in [5.41, 5.74) is 0. The molecule has 1 heterocycles. The van der Waals surface area contributed by atoms with Crippen LogP contribution in [0, 0.1) is 0 Å². The maximum atomic E-state index is 11.3. The molecule has 2 atom stereocenters. The lowest BCUT2D eigenvalue weighted by atomic mass is 10.3. The van der Waals surface area contributed by atoms with Crippen LogP contribution in [-0.4, -0.2) is 36.3 Å². The summed E-state index contributed by atoms with van der Waals surface area (Å²) in [6.45, 7) is 5.53. The smallest absolute Gasteiger partial charge is 0.315 e. The molecule has 88 valence electrons. The summed E-state index contributed by atoms with van der Waals surface area (Å²) in [5, 5.41) is 0.462. The van der Waals surface area contributed by atoms with Gasteiger partial charge in [-0.2, -0.15) is 0 Å². The van der Waals surface area contributed by atoms with E-state index in [0.29, 0.717) is 17.6 Å². The van der Waals surface area contributed by atoms with Gasteiger partial charge in [0.15, 0.2) is 0 Å². The fraction of sp³-hybridized carbons (Fsp3) is 0.909. The number of rotatable bonds is 6. The normalized spacial score (nSPS) is 25.5. The summed E-state index contributed by atoms with van der Waals surface area (Å²) in [4.78, 5) is 11.3. The van der Waals surface area contributed by atoms with Crippen molar-refractivity contribution in [2.75, 3.05) is 19.0 Å². The SMILES string of the molecule is CCCCOC(=O)CSC1CCOC1C. The Balaban J connectivity index is 2.05. The Kier molecular flexibility index (Phi) is 6.10. The second-order valence-corrected chi connectivity index (χ2v) is 5.02. The van der Waals surface area contributed by atoms with E-state index in [2.05, 4.69) is 13.8 Å².